The average molecular weight is 120 g/mol. The van der Waals surface area contributed by atoms with Crippen LogP contribution in [0, 0.1) is 5.92 Å². The van der Waals surface area contributed by atoms with Crippen molar-refractivity contribution in [2.24, 2.45) is 5.92 Å². The van der Waals surface area contributed by atoms with E-state index in [1.165, 1.54) is 6.92 Å². The molecule has 0 bridgehead atoms. The van der Waals surface area contributed by atoms with E-state index in [1.807, 2.05) is 0 Å². The normalized spacial score (nSPS) is 13.2. The van der Waals surface area contributed by atoms with E-state index in [1.54, 1.807) is 0 Å². The first-order valence-electron chi connectivity index (χ1n) is 2.17. The highest BCUT2D eigenvalue weighted by Gasteiger charge is 2.09. The average Bonchev–Trinajstić information content (AvgIpc) is 1.67. The van der Waals surface area contributed by atoms with Gasteiger partial charge in [-0.2, -0.15) is 0 Å². The minimum atomic E-state index is -0.973. The summed E-state index contributed by atoms with van der Waals surface area (Å²) in [7, 11) is 0. The maximum Gasteiger partial charge on any atom is 0.308 e. The number of hydrogen-bond acceptors (Lipinski definition) is 3. The Bertz CT molecular complexity index is 80.1. The van der Waals surface area contributed by atoms with Crippen molar-refractivity contribution < 1.29 is 20.0 Å². The van der Waals surface area contributed by atoms with E-state index in [4.69, 9.17) is 10.4 Å². The molecular weight excluding hydrogens is 112 g/mol. The lowest BCUT2D eigenvalue weighted by Crippen LogP contribution is -2.14. The molecule has 1 unspecified atom stereocenters. The van der Waals surface area contributed by atoms with Crippen LogP contribution in [0.2, 0.25) is 0 Å². The molecule has 0 aromatic heterocycles. The van der Waals surface area contributed by atoms with E-state index in [0.717, 1.165) is 0 Å². The van der Waals surface area contributed by atoms with Gasteiger partial charge in [-0.25, -0.2) is 4.89 Å². The van der Waals surface area contributed by atoms with Crippen LogP contribution in [0.3, 0.4) is 0 Å². The first-order valence-corrected chi connectivity index (χ1v) is 2.17. The summed E-state index contributed by atoms with van der Waals surface area (Å²) in [4.78, 5) is 13.5. The number of carboxylic acid groups (broad SMARTS) is 1. The van der Waals surface area contributed by atoms with E-state index in [0.29, 0.717) is 0 Å². The molecule has 48 valence electrons. The molecule has 0 radical (unpaired) electrons. The highest BCUT2D eigenvalue weighted by atomic mass is 17.1. The van der Waals surface area contributed by atoms with Crippen LogP contribution in [-0.4, -0.2) is 22.9 Å². The summed E-state index contributed by atoms with van der Waals surface area (Å²) in [6.07, 6.45) is 0. The molecule has 0 saturated carbocycles. The second kappa shape index (κ2) is 3.40. The zero-order valence-electron chi connectivity index (χ0n) is 4.50. The van der Waals surface area contributed by atoms with Gasteiger partial charge in [-0.3, -0.25) is 10.1 Å². The van der Waals surface area contributed by atoms with Crippen LogP contribution in [0.4, 0.5) is 0 Å². The minimum absolute atomic E-state index is 0.157. The van der Waals surface area contributed by atoms with E-state index >= 15 is 0 Å². The van der Waals surface area contributed by atoms with Gasteiger partial charge in [0.25, 0.3) is 0 Å². The maximum atomic E-state index is 9.90. The zero-order chi connectivity index (χ0) is 6.57. The Morgan fingerprint density at radius 1 is 1.88 bits per heavy atom. The summed E-state index contributed by atoms with van der Waals surface area (Å²) < 4.78 is 0. The second-order valence-electron chi connectivity index (χ2n) is 1.54. The van der Waals surface area contributed by atoms with Crippen molar-refractivity contribution >= 4 is 5.97 Å². The molecule has 8 heavy (non-hydrogen) atoms. The first kappa shape index (κ1) is 7.39. The Labute approximate surface area is 46.6 Å². The summed E-state index contributed by atoms with van der Waals surface area (Å²) in [6, 6.07) is 0. The first-order chi connectivity index (χ1) is 3.68. The molecular formula is C4H8O4. The largest absolute Gasteiger partial charge is 0.481 e. The molecule has 0 aliphatic rings. The standard InChI is InChI=1S/C4H8O4/c1-3(2-8-7)4(5)6/h3,7H,2H2,1H3,(H,5,6). The molecule has 0 rings (SSSR count). The van der Waals surface area contributed by atoms with Crippen molar-refractivity contribution in [2.75, 3.05) is 6.61 Å². The lowest BCUT2D eigenvalue weighted by molar-refractivity contribution is -0.250. The van der Waals surface area contributed by atoms with E-state index in [-0.39, 0.29) is 6.61 Å². The second-order valence-corrected chi connectivity index (χ2v) is 1.54. The highest BCUT2D eigenvalue weighted by Crippen LogP contribution is 1.92. The molecule has 4 heteroatoms. The SMILES string of the molecule is CC(COO)C(=O)O. The number of carboxylic acids is 1. The Morgan fingerprint density at radius 2 is 2.38 bits per heavy atom. The fourth-order valence-electron chi connectivity index (χ4n) is 0.183. The smallest absolute Gasteiger partial charge is 0.308 e. The van der Waals surface area contributed by atoms with Crippen molar-refractivity contribution in [1.29, 1.82) is 0 Å². The molecule has 0 aromatic carbocycles. The third kappa shape index (κ3) is 2.54. The van der Waals surface area contributed by atoms with Gasteiger partial charge in [-0.05, 0) is 6.92 Å². The summed E-state index contributed by atoms with van der Waals surface area (Å²) in [6.45, 7) is 1.29. The van der Waals surface area contributed by atoms with Crippen molar-refractivity contribution in [1.82, 2.24) is 0 Å². The van der Waals surface area contributed by atoms with E-state index in [2.05, 4.69) is 4.89 Å². The van der Waals surface area contributed by atoms with Crippen molar-refractivity contribution in [3.63, 3.8) is 0 Å². The number of rotatable bonds is 3. The van der Waals surface area contributed by atoms with Crippen molar-refractivity contribution in [2.45, 2.75) is 6.92 Å². The number of aliphatic carboxylic acids is 1. The van der Waals surface area contributed by atoms with Crippen molar-refractivity contribution in [3.05, 3.63) is 0 Å². The summed E-state index contributed by atoms with van der Waals surface area (Å²) in [5.41, 5.74) is 0. The summed E-state index contributed by atoms with van der Waals surface area (Å²) in [5, 5.41) is 15.8. The topological polar surface area (TPSA) is 66.8 Å². The van der Waals surface area contributed by atoms with Gasteiger partial charge in [-0.15, -0.1) is 0 Å². The highest BCUT2D eigenvalue weighted by molar-refractivity contribution is 5.69. The number of hydrogen-bond donors (Lipinski definition) is 2. The fourth-order valence-corrected chi connectivity index (χ4v) is 0.183. The van der Waals surface area contributed by atoms with Gasteiger partial charge in [0.05, 0.1) is 12.5 Å². The Hall–Kier alpha value is -0.610. The van der Waals surface area contributed by atoms with Gasteiger partial charge in [0.15, 0.2) is 0 Å². The molecule has 1 atom stereocenters. The molecule has 2 N–H and O–H groups in total. The Morgan fingerprint density at radius 3 is 2.50 bits per heavy atom. The van der Waals surface area contributed by atoms with Crippen LogP contribution in [0.25, 0.3) is 0 Å². The summed E-state index contributed by atoms with van der Waals surface area (Å²) in [5.74, 6) is -1.61. The monoisotopic (exact) mass is 120 g/mol. The lowest BCUT2D eigenvalue weighted by Gasteiger charge is -1.99. The Balaban J connectivity index is 3.32. The van der Waals surface area contributed by atoms with Crippen LogP contribution < -0.4 is 0 Å². The van der Waals surface area contributed by atoms with Gasteiger partial charge >= 0.3 is 5.97 Å². The quantitative estimate of drug-likeness (QED) is 0.412. The van der Waals surface area contributed by atoms with Crippen molar-refractivity contribution in [3.8, 4) is 0 Å². The number of carbonyl (C=O) groups is 1. The maximum absolute atomic E-state index is 9.90. The molecule has 0 aliphatic heterocycles. The van der Waals surface area contributed by atoms with E-state index < -0.39 is 11.9 Å². The van der Waals surface area contributed by atoms with Crippen LogP contribution in [0.1, 0.15) is 6.92 Å². The van der Waals surface area contributed by atoms with E-state index in [9.17, 15) is 4.79 Å². The molecule has 0 spiro atoms. The molecule has 0 saturated heterocycles. The summed E-state index contributed by atoms with van der Waals surface area (Å²) >= 11 is 0. The predicted molar refractivity (Wildman–Crippen MR) is 25.4 cm³/mol. The third-order valence-electron chi connectivity index (χ3n) is 0.746. The van der Waals surface area contributed by atoms with Crippen LogP contribution in [0.5, 0.6) is 0 Å². The minimum Gasteiger partial charge on any atom is -0.481 e. The van der Waals surface area contributed by atoms with Gasteiger partial charge in [0, 0.05) is 0 Å². The molecule has 4 nitrogen and oxygen atoms in total. The van der Waals surface area contributed by atoms with Crippen LogP contribution in [0.15, 0.2) is 0 Å². The molecule has 0 aromatic rings. The molecule has 0 aliphatic carbocycles. The predicted octanol–water partition coefficient (Wildman–Crippen LogP) is 0.197. The van der Waals surface area contributed by atoms with Gasteiger partial charge in [-0.1, -0.05) is 0 Å². The zero-order valence-corrected chi connectivity index (χ0v) is 4.50. The van der Waals surface area contributed by atoms with Gasteiger partial charge in [0.1, 0.15) is 0 Å². The Kier molecular flexibility index (Phi) is 3.14. The molecule has 0 amide bonds. The van der Waals surface area contributed by atoms with Gasteiger partial charge in [0.2, 0.25) is 0 Å². The lowest BCUT2D eigenvalue weighted by atomic mass is 10.2. The molecule has 0 heterocycles. The van der Waals surface area contributed by atoms with Gasteiger partial charge < -0.3 is 5.11 Å². The van der Waals surface area contributed by atoms with Crippen LogP contribution >= 0.6 is 0 Å². The van der Waals surface area contributed by atoms with Crippen LogP contribution in [-0.2, 0) is 9.68 Å². The third-order valence-corrected chi connectivity index (χ3v) is 0.746. The fraction of sp³-hybridized carbons (Fsp3) is 0.750. The molecule has 0 fully saturated rings.